The van der Waals surface area contributed by atoms with Crippen molar-refractivity contribution in [2.75, 3.05) is 13.6 Å². The molecule has 2 nitrogen and oxygen atoms in total. The van der Waals surface area contributed by atoms with Crippen LogP contribution in [0.5, 0.6) is 0 Å². The topological polar surface area (TPSA) is 21.3 Å². The van der Waals surface area contributed by atoms with Gasteiger partial charge in [0.15, 0.2) is 0 Å². The molecule has 1 fully saturated rings. The summed E-state index contributed by atoms with van der Waals surface area (Å²) in [5.74, 6) is 0.597. The van der Waals surface area contributed by atoms with E-state index >= 15 is 0 Å². The summed E-state index contributed by atoms with van der Waals surface area (Å²) < 4.78 is 20.2. The van der Waals surface area contributed by atoms with Crippen molar-refractivity contribution in [3.63, 3.8) is 0 Å². The van der Waals surface area contributed by atoms with Gasteiger partial charge in [-0.05, 0) is 31.9 Å². The van der Waals surface area contributed by atoms with Crippen molar-refractivity contribution in [1.82, 2.24) is 5.32 Å². The van der Waals surface area contributed by atoms with Crippen LogP contribution in [0.3, 0.4) is 0 Å². The fourth-order valence-electron chi connectivity index (χ4n) is 3.12. The molecular formula is C17H26FNO. The number of hydrogen-bond acceptors (Lipinski definition) is 2. The summed E-state index contributed by atoms with van der Waals surface area (Å²) in [5, 5.41) is 3.12. The lowest BCUT2D eigenvalue weighted by Crippen LogP contribution is -2.29. The van der Waals surface area contributed by atoms with Gasteiger partial charge in [0.2, 0.25) is 0 Å². The summed E-state index contributed by atoms with van der Waals surface area (Å²) in [7, 11) is 1.88. The maximum atomic E-state index is 14.0. The second-order valence-corrected chi connectivity index (χ2v) is 5.77. The predicted octanol–water partition coefficient (Wildman–Crippen LogP) is 4.07. The van der Waals surface area contributed by atoms with Crippen molar-refractivity contribution in [1.29, 1.82) is 0 Å². The van der Waals surface area contributed by atoms with Crippen LogP contribution in [0.1, 0.15) is 50.7 Å². The Hall–Kier alpha value is -0.930. The molecule has 1 aromatic rings. The van der Waals surface area contributed by atoms with Crippen LogP contribution < -0.4 is 5.32 Å². The van der Waals surface area contributed by atoms with E-state index in [9.17, 15) is 4.39 Å². The van der Waals surface area contributed by atoms with Gasteiger partial charge in [0, 0.05) is 12.1 Å². The van der Waals surface area contributed by atoms with Gasteiger partial charge in [0.1, 0.15) is 5.82 Å². The second kappa shape index (κ2) is 7.75. The third kappa shape index (κ3) is 4.03. The van der Waals surface area contributed by atoms with Crippen LogP contribution in [0.4, 0.5) is 4.39 Å². The number of hydrogen-bond donors (Lipinski definition) is 1. The molecule has 0 bridgehead atoms. The number of likely N-dealkylation sites (N-methyl/N-ethyl adjacent to an activating group) is 1. The van der Waals surface area contributed by atoms with E-state index in [1.165, 1.54) is 25.3 Å². The highest BCUT2D eigenvalue weighted by Gasteiger charge is 2.25. The zero-order chi connectivity index (χ0) is 14.4. The first-order valence-corrected chi connectivity index (χ1v) is 7.79. The Labute approximate surface area is 121 Å². The van der Waals surface area contributed by atoms with Crippen LogP contribution in [-0.4, -0.2) is 19.7 Å². The molecule has 0 saturated heterocycles. The van der Waals surface area contributed by atoms with Crippen LogP contribution in [0.2, 0.25) is 0 Å². The molecule has 0 amide bonds. The Balaban J connectivity index is 2.04. The minimum absolute atomic E-state index is 0.171. The molecule has 0 aliphatic heterocycles. The van der Waals surface area contributed by atoms with Crippen molar-refractivity contribution in [2.24, 2.45) is 5.92 Å². The van der Waals surface area contributed by atoms with E-state index in [1.54, 1.807) is 6.07 Å². The highest BCUT2D eigenvalue weighted by molar-refractivity contribution is 5.20. The number of rotatable bonds is 6. The summed E-state index contributed by atoms with van der Waals surface area (Å²) in [6.45, 7) is 2.89. The van der Waals surface area contributed by atoms with Crippen molar-refractivity contribution in [2.45, 2.75) is 51.2 Å². The number of ether oxygens (including phenoxy) is 1. The molecule has 0 aromatic heterocycles. The van der Waals surface area contributed by atoms with Crippen LogP contribution in [0.25, 0.3) is 0 Å². The maximum absolute atomic E-state index is 14.0. The molecule has 1 N–H and O–H groups in total. The van der Waals surface area contributed by atoms with Crippen LogP contribution >= 0.6 is 0 Å². The fraction of sp³-hybridized carbons (Fsp3) is 0.647. The molecule has 1 aromatic carbocycles. The Kier molecular flexibility index (Phi) is 5.99. The third-order valence-electron chi connectivity index (χ3n) is 4.31. The first-order valence-electron chi connectivity index (χ1n) is 7.79. The lowest BCUT2D eigenvalue weighted by atomic mass is 9.85. The standard InChI is InChI=1S/C17H26FNO/c1-3-13-7-6-8-14(11-13)20-17(12-19-2)15-9-4-5-10-16(15)18/h4-5,9-10,13-14,17,19H,3,6-8,11-12H2,1-2H3. The highest BCUT2D eigenvalue weighted by atomic mass is 19.1. The van der Waals surface area contributed by atoms with E-state index in [1.807, 2.05) is 19.2 Å². The van der Waals surface area contributed by atoms with Gasteiger partial charge in [-0.1, -0.05) is 44.4 Å². The van der Waals surface area contributed by atoms with Crippen molar-refractivity contribution >= 4 is 0 Å². The number of benzene rings is 1. The van der Waals surface area contributed by atoms with Crippen LogP contribution in [0.15, 0.2) is 24.3 Å². The molecular weight excluding hydrogens is 253 g/mol. The summed E-state index contributed by atoms with van der Waals surface area (Å²) in [5.41, 5.74) is 0.667. The lowest BCUT2D eigenvalue weighted by Gasteiger charge is -2.32. The van der Waals surface area contributed by atoms with Gasteiger partial charge in [-0.15, -0.1) is 0 Å². The molecule has 112 valence electrons. The SMILES string of the molecule is CCC1CCCC(OC(CNC)c2ccccc2F)C1. The molecule has 1 aliphatic carbocycles. The Morgan fingerprint density at radius 2 is 2.15 bits per heavy atom. The van der Waals surface area contributed by atoms with E-state index in [-0.39, 0.29) is 18.0 Å². The average Bonchev–Trinajstić information content (AvgIpc) is 2.47. The van der Waals surface area contributed by atoms with E-state index in [0.29, 0.717) is 12.1 Å². The number of nitrogens with one attached hydrogen (secondary N) is 1. The van der Waals surface area contributed by atoms with Gasteiger partial charge in [-0.25, -0.2) is 4.39 Å². The van der Waals surface area contributed by atoms with Crippen molar-refractivity contribution in [3.8, 4) is 0 Å². The van der Waals surface area contributed by atoms with Crippen molar-refractivity contribution in [3.05, 3.63) is 35.6 Å². The predicted molar refractivity (Wildman–Crippen MR) is 80.2 cm³/mol. The molecule has 0 spiro atoms. The van der Waals surface area contributed by atoms with E-state index in [0.717, 1.165) is 18.8 Å². The molecule has 1 aliphatic rings. The van der Waals surface area contributed by atoms with E-state index in [4.69, 9.17) is 4.74 Å². The first-order chi connectivity index (χ1) is 9.74. The van der Waals surface area contributed by atoms with Gasteiger partial charge in [-0.3, -0.25) is 0 Å². The second-order valence-electron chi connectivity index (χ2n) is 5.77. The fourth-order valence-corrected chi connectivity index (χ4v) is 3.12. The average molecular weight is 279 g/mol. The molecule has 1 saturated carbocycles. The molecule has 3 atom stereocenters. The van der Waals surface area contributed by atoms with Gasteiger partial charge in [0.05, 0.1) is 12.2 Å². The zero-order valence-electron chi connectivity index (χ0n) is 12.6. The van der Waals surface area contributed by atoms with E-state index < -0.39 is 0 Å². The summed E-state index contributed by atoms with van der Waals surface area (Å²) in [4.78, 5) is 0. The normalized spacial score (nSPS) is 24.6. The molecule has 0 radical (unpaired) electrons. The van der Waals surface area contributed by atoms with Gasteiger partial charge < -0.3 is 10.1 Å². The zero-order valence-corrected chi connectivity index (χ0v) is 12.6. The van der Waals surface area contributed by atoms with Gasteiger partial charge >= 0.3 is 0 Å². The van der Waals surface area contributed by atoms with Gasteiger partial charge in [-0.2, -0.15) is 0 Å². The molecule has 0 heterocycles. The van der Waals surface area contributed by atoms with Crippen LogP contribution in [0, 0.1) is 11.7 Å². The molecule has 2 rings (SSSR count). The Morgan fingerprint density at radius 1 is 1.35 bits per heavy atom. The third-order valence-corrected chi connectivity index (χ3v) is 4.31. The Bertz CT molecular complexity index is 410. The monoisotopic (exact) mass is 279 g/mol. The summed E-state index contributed by atoms with van der Waals surface area (Å²) in [6.07, 6.45) is 6.06. The highest BCUT2D eigenvalue weighted by Crippen LogP contribution is 2.32. The van der Waals surface area contributed by atoms with Gasteiger partial charge in [0.25, 0.3) is 0 Å². The minimum atomic E-state index is -0.193. The summed E-state index contributed by atoms with van der Waals surface area (Å²) in [6, 6.07) is 6.94. The quantitative estimate of drug-likeness (QED) is 0.847. The van der Waals surface area contributed by atoms with Crippen molar-refractivity contribution < 1.29 is 9.13 Å². The maximum Gasteiger partial charge on any atom is 0.129 e. The van der Waals surface area contributed by atoms with Crippen LogP contribution in [-0.2, 0) is 4.74 Å². The summed E-state index contributed by atoms with van der Waals surface area (Å²) >= 11 is 0. The first kappa shape index (κ1) is 15.5. The lowest BCUT2D eigenvalue weighted by molar-refractivity contribution is -0.0421. The molecule has 3 unspecified atom stereocenters. The smallest absolute Gasteiger partial charge is 0.129 e. The minimum Gasteiger partial charge on any atom is -0.369 e. The molecule has 20 heavy (non-hydrogen) atoms. The molecule has 3 heteroatoms. The largest absolute Gasteiger partial charge is 0.369 e. The Morgan fingerprint density at radius 3 is 2.85 bits per heavy atom. The number of halogens is 1. The van der Waals surface area contributed by atoms with E-state index in [2.05, 4.69) is 12.2 Å².